The Morgan fingerprint density at radius 3 is 2.65 bits per heavy atom. The molecule has 1 aromatic rings. The first-order valence-corrected chi connectivity index (χ1v) is 5.60. The minimum absolute atomic E-state index is 0.0640. The average Bonchev–Trinajstić information content (AvgIpc) is 2.32. The van der Waals surface area contributed by atoms with Gasteiger partial charge in [-0.25, -0.2) is 9.18 Å². The molecule has 0 atom stereocenters. The maximum absolute atomic E-state index is 13.6. The number of carbonyl (C=O) groups is 1. The zero-order valence-corrected chi connectivity index (χ0v) is 9.40. The second kappa shape index (κ2) is 4.61. The maximum atomic E-state index is 13.6. The molecule has 0 bridgehead atoms. The summed E-state index contributed by atoms with van der Waals surface area (Å²) >= 11 is 0. The van der Waals surface area contributed by atoms with E-state index in [1.807, 2.05) is 0 Å². The minimum Gasteiger partial charge on any atom is -0.465 e. The van der Waals surface area contributed by atoms with Gasteiger partial charge in [-0.1, -0.05) is 0 Å². The van der Waals surface area contributed by atoms with E-state index in [2.05, 4.69) is 0 Å². The van der Waals surface area contributed by atoms with Crippen molar-refractivity contribution in [3.8, 4) is 0 Å². The Labute approximate surface area is 98.8 Å². The summed E-state index contributed by atoms with van der Waals surface area (Å²) in [5.74, 6) is -0.193. The van der Waals surface area contributed by atoms with Crippen LogP contribution in [0.3, 0.4) is 0 Å². The highest BCUT2D eigenvalue weighted by Gasteiger charge is 2.25. The molecule has 0 unspecified atom stereocenters. The fourth-order valence-corrected chi connectivity index (χ4v) is 2.26. The number of carboxylic acid groups (broad SMARTS) is 1. The summed E-state index contributed by atoms with van der Waals surface area (Å²) in [5, 5.41) is 8.83. The molecule has 0 aromatic heterocycles. The number of nitrogen functional groups attached to an aromatic ring is 1. The van der Waals surface area contributed by atoms with E-state index in [1.165, 1.54) is 17.0 Å². The lowest BCUT2D eigenvalue weighted by atomic mass is 9.89. The normalized spacial score (nSPS) is 17.1. The van der Waals surface area contributed by atoms with Gasteiger partial charge in [0.2, 0.25) is 0 Å². The number of hydrogen-bond donors (Lipinski definition) is 2. The van der Waals surface area contributed by atoms with Gasteiger partial charge in [-0.3, -0.25) is 0 Å². The van der Waals surface area contributed by atoms with Gasteiger partial charge in [0.1, 0.15) is 5.82 Å². The summed E-state index contributed by atoms with van der Waals surface area (Å²) in [6, 6.07) is 4.55. The summed E-state index contributed by atoms with van der Waals surface area (Å²) < 4.78 is 13.6. The number of rotatable bonds is 1. The number of halogens is 1. The predicted molar refractivity (Wildman–Crippen MR) is 62.4 cm³/mol. The number of nitrogens with zero attached hydrogens (tertiary/aromatic N) is 1. The molecule has 17 heavy (non-hydrogen) atoms. The zero-order chi connectivity index (χ0) is 12.4. The van der Waals surface area contributed by atoms with Gasteiger partial charge < -0.3 is 15.7 Å². The molecule has 1 saturated heterocycles. The molecular formula is C12H15FN2O2. The van der Waals surface area contributed by atoms with Crippen LogP contribution in [0, 0.1) is 5.82 Å². The summed E-state index contributed by atoms with van der Waals surface area (Å²) in [4.78, 5) is 12.1. The van der Waals surface area contributed by atoms with Gasteiger partial charge >= 0.3 is 6.09 Å². The van der Waals surface area contributed by atoms with Crippen LogP contribution in [-0.4, -0.2) is 29.2 Å². The standard InChI is InChI=1S/C12H15FN2O2/c13-11-2-1-9(14)7-10(11)8-3-5-15(6-4-8)12(16)17/h1-2,7-8H,3-6,14H2,(H,16,17). The van der Waals surface area contributed by atoms with Gasteiger partial charge in [0.05, 0.1) is 0 Å². The zero-order valence-electron chi connectivity index (χ0n) is 9.40. The third-order valence-corrected chi connectivity index (χ3v) is 3.23. The fourth-order valence-electron chi connectivity index (χ4n) is 2.26. The number of hydrogen-bond acceptors (Lipinski definition) is 2. The molecule has 3 N–H and O–H groups in total. The Kier molecular flexibility index (Phi) is 3.17. The monoisotopic (exact) mass is 238 g/mol. The number of anilines is 1. The first kappa shape index (κ1) is 11.7. The van der Waals surface area contributed by atoms with Crippen LogP contribution in [-0.2, 0) is 0 Å². The molecule has 1 aliphatic heterocycles. The molecule has 0 aliphatic carbocycles. The van der Waals surface area contributed by atoms with Crippen molar-refractivity contribution in [1.29, 1.82) is 0 Å². The van der Waals surface area contributed by atoms with Crippen LogP contribution < -0.4 is 5.73 Å². The third-order valence-electron chi connectivity index (χ3n) is 3.23. The minimum atomic E-state index is -0.906. The third kappa shape index (κ3) is 2.49. The van der Waals surface area contributed by atoms with Gasteiger partial charge in [0.15, 0.2) is 0 Å². The van der Waals surface area contributed by atoms with Crippen LogP contribution in [0.25, 0.3) is 0 Å². The summed E-state index contributed by atoms with van der Waals surface area (Å²) in [6.45, 7) is 0.905. The van der Waals surface area contributed by atoms with Crippen molar-refractivity contribution in [3.05, 3.63) is 29.6 Å². The maximum Gasteiger partial charge on any atom is 0.407 e. The number of nitrogens with two attached hydrogens (primary N) is 1. The van der Waals surface area contributed by atoms with E-state index in [0.717, 1.165) is 0 Å². The molecule has 0 saturated carbocycles. The summed E-state index contributed by atoms with van der Waals surface area (Å²) in [6.07, 6.45) is 0.385. The molecule has 1 fully saturated rings. The first-order chi connectivity index (χ1) is 8.08. The quantitative estimate of drug-likeness (QED) is 0.737. The van der Waals surface area contributed by atoms with Crippen LogP contribution in [0.5, 0.6) is 0 Å². The lowest BCUT2D eigenvalue weighted by Crippen LogP contribution is -2.36. The van der Waals surface area contributed by atoms with Gasteiger partial charge in [-0.05, 0) is 42.5 Å². The van der Waals surface area contributed by atoms with Crippen LogP contribution in [0.15, 0.2) is 18.2 Å². The Balaban J connectivity index is 2.10. The Morgan fingerprint density at radius 1 is 1.41 bits per heavy atom. The van der Waals surface area contributed by atoms with Crippen LogP contribution in [0.1, 0.15) is 24.3 Å². The molecule has 1 aliphatic rings. The van der Waals surface area contributed by atoms with E-state index in [1.54, 1.807) is 6.07 Å². The highest BCUT2D eigenvalue weighted by Crippen LogP contribution is 2.30. The molecule has 92 valence electrons. The number of likely N-dealkylation sites (tertiary alicyclic amines) is 1. The van der Waals surface area contributed by atoms with Crippen molar-refractivity contribution in [1.82, 2.24) is 4.90 Å². The van der Waals surface area contributed by atoms with E-state index >= 15 is 0 Å². The molecule has 0 radical (unpaired) electrons. The largest absolute Gasteiger partial charge is 0.465 e. The van der Waals surface area contributed by atoms with Crippen LogP contribution in [0.4, 0.5) is 14.9 Å². The molecule has 1 aromatic carbocycles. The van der Waals surface area contributed by atoms with Gasteiger partial charge in [0.25, 0.3) is 0 Å². The summed E-state index contributed by atoms with van der Waals surface area (Å²) in [7, 11) is 0. The fraction of sp³-hybridized carbons (Fsp3) is 0.417. The molecular weight excluding hydrogens is 223 g/mol. The predicted octanol–water partition coefficient (Wildman–Crippen LogP) is 2.27. The molecule has 1 amide bonds. The van der Waals surface area contributed by atoms with Crippen LogP contribution in [0.2, 0.25) is 0 Å². The van der Waals surface area contributed by atoms with Gasteiger partial charge in [0, 0.05) is 18.8 Å². The molecule has 5 heteroatoms. The van der Waals surface area contributed by atoms with Crippen molar-refractivity contribution >= 4 is 11.8 Å². The number of benzene rings is 1. The highest BCUT2D eigenvalue weighted by molar-refractivity contribution is 5.65. The molecule has 1 heterocycles. The summed E-state index contributed by atoms with van der Waals surface area (Å²) in [5.41, 5.74) is 6.79. The number of amides is 1. The Morgan fingerprint density at radius 2 is 2.06 bits per heavy atom. The first-order valence-electron chi connectivity index (χ1n) is 5.60. The van der Waals surface area contributed by atoms with E-state index in [9.17, 15) is 9.18 Å². The van der Waals surface area contributed by atoms with Gasteiger partial charge in [-0.2, -0.15) is 0 Å². The van der Waals surface area contributed by atoms with E-state index in [-0.39, 0.29) is 11.7 Å². The smallest absolute Gasteiger partial charge is 0.407 e. The topological polar surface area (TPSA) is 66.6 Å². The highest BCUT2D eigenvalue weighted by atomic mass is 19.1. The Hall–Kier alpha value is -1.78. The van der Waals surface area contributed by atoms with Gasteiger partial charge in [-0.15, -0.1) is 0 Å². The lowest BCUT2D eigenvalue weighted by molar-refractivity contribution is 0.132. The van der Waals surface area contributed by atoms with E-state index < -0.39 is 6.09 Å². The SMILES string of the molecule is Nc1ccc(F)c(C2CCN(C(=O)O)CC2)c1. The number of piperidine rings is 1. The van der Waals surface area contributed by atoms with Crippen molar-refractivity contribution in [3.63, 3.8) is 0 Å². The molecule has 4 nitrogen and oxygen atoms in total. The van der Waals surface area contributed by atoms with Crippen molar-refractivity contribution in [2.24, 2.45) is 0 Å². The lowest BCUT2D eigenvalue weighted by Gasteiger charge is -2.30. The van der Waals surface area contributed by atoms with Crippen molar-refractivity contribution < 1.29 is 14.3 Å². The van der Waals surface area contributed by atoms with Crippen molar-refractivity contribution in [2.45, 2.75) is 18.8 Å². The van der Waals surface area contributed by atoms with Crippen molar-refractivity contribution in [2.75, 3.05) is 18.8 Å². The van der Waals surface area contributed by atoms with E-state index in [0.29, 0.717) is 37.2 Å². The molecule has 2 rings (SSSR count). The second-order valence-electron chi connectivity index (χ2n) is 4.32. The van der Waals surface area contributed by atoms with Crippen LogP contribution >= 0.6 is 0 Å². The van der Waals surface area contributed by atoms with E-state index in [4.69, 9.17) is 10.8 Å². The molecule has 0 spiro atoms. The average molecular weight is 238 g/mol. The second-order valence-corrected chi connectivity index (χ2v) is 4.32. The Bertz CT molecular complexity index is 429.